The Balaban J connectivity index is 2.05. The first-order valence-electron chi connectivity index (χ1n) is 10.2. The number of nitrogens with one attached hydrogen (secondary N) is 1. The first-order valence-corrected chi connectivity index (χ1v) is 10.2. The zero-order valence-corrected chi connectivity index (χ0v) is 18.3. The SMILES string of the molecule is CC(=O)c1c(O)c(C)c(O)c2c1OC1=CC(=O)C(=C(C)NCCCCC(=O)O)C(=O)C12C. The minimum Gasteiger partial charge on any atom is -0.507 e. The molecule has 9 heteroatoms. The van der Waals surface area contributed by atoms with Gasteiger partial charge in [-0.1, -0.05) is 0 Å². The molecular weight excluding hydrogens is 418 g/mol. The van der Waals surface area contributed by atoms with Crippen molar-refractivity contribution >= 4 is 23.3 Å². The number of aliphatic carboxylic acids is 1. The fourth-order valence-corrected chi connectivity index (χ4v) is 4.13. The molecule has 2 aliphatic rings. The van der Waals surface area contributed by atoms with E-state index < -0.39 is 34.5 Å². The number of allylic oxidation sites excluding steroid dienone is 4. The van der Waals surface area contributed by atoms with Crippen LogP contribution in [0.5, 0.6) is 17.2 Å². The van der Waals surface area contributed by atoms with Gasteiger partial charge in [-0.15, -0.1) is 0 Å². The number of carboxylic acid groups (broad SMARTS) is 1. The van der Waals surface area contributed by atoms with Gasteiger partial charge in [-0.05, 0) is 40.5 Å². The van der Waals surface area contributed by atoms with Crippen LogP contribution in [-0.2, 0) is 19.8 Å². The van der Waals surface area contributed by atoms with Crippen molar-refractivity contribution < 1.29 is 39.2 Å². The molecular formula is C23H25NO8. The number of fused-ring (bicyclic) bond motifs is 3. The third-order valence-corrected chi connectivity index (χ3v) is 5.97. The summed E-state index contributed by atoms with van der Waals surface area (Å²) in [5.41, 5.74) is -1.44. The van der Waals surface area contributed by atoms with Crippen molar-refractivity contribution in [3.8, 4) is 17.2 Å². The van der Waals surface area contributed by atoms with E-state index in [-0.39, 0.29) is 45.9 Å². The summed E-state index contributed by atoms with van der Waals surface area (Å²) in [5, 5.41) is 32.8. The summed E-state index contributed by atoms with van der Waals surface area (Å²) in [6, 6.07) is 0. The largest absolute Gasteiger partial charge is 0.507 e. The first-order chi connectivity index (χ1) is 14.9. The van der Waals surface area contributed by atoms with E-state index in [0.29, 0.717) is 25.1 Å². The van der Waals surface area contributed by atoms with Gasteiger partial charge in [-0.3, -0.25) is 19.2 Å². The van der Waals surface area contributed by atoms with Crippen LogP contribution in [0.4, 0.5) is 0 Å². The Labute approximate surface area is 184 Å². The van der Waals surface area contributed by atoms with Crippen LogP contribution in [0.15, 0.2) is 23.1 Å². The number of Topliss-reactive ketones (excluding diaryl/α,β-unsaturated/α-hetero) is 2. The molecule has 0 saturated heterocycles. The van der Waals surface area contributed by atoms with E-state index in [1.54, 1.807) is 6.92 Å². The Hall–Kier alpha value is -3.62. The van der Waals surface area contributed by atoms with Crippen LogP contribution >= 0.6 is 0 Å². The highest BCUT2D eigenvalue weighted by atomic mass is 16.5. The molecule has 1 unspecified atom stereocenters. The van der Waals surface area contributed by atoms with Crippen LogP contribution in [-0.4, -0.2) is 45.2 Å². The highest BCUT2D eigenvalue weighted by molar-refractivity contribution is 6.31. The fraction of sp³-hybridized carbons (Fsp3) is 0.391. The molecule has 0 spiro atoms. The van der Waals surface area contributed by atoms with E-state index in [1.165, 1.54) is 20.8 Å². The van der Waals surface area contributed by atoms with E-state index in [4.69, 9.17) is 9.84 Å². The zero-order chi connectivity index (χ0) is 24.0. The molecule has 0 aromatic heterocycles. The fourth-order valence-electron chi connectivity index (χ4n) is 4.13. The Morgan fingerprint density at radius 2 is 1.78 bits per heavy atom. The molecule has 1 aromatic carbocycles. The Kier molecular flexibility index (Phi) is 5.86. The van der Waals surface area contributed by atoms with E-state index in [0.717, 1.165) is 6.08 Å². The van der Waals surface area contributed by atoms with Crippen molar-refractivity contribution in [2.75, 3.05) is 6.54 Å². The van der Waals surface area contributed by atoms with Crippen molar-refractivity contribution in [1.29, 1.82) is 0 Å². The second-order valence-corrected chi connectivity index (χ2v) is 8.16. The highest BCUT2D eigenvalue weighted by Crippen LogP contribution is 2.57. The third-order valence-electron chi connectivity index (χ3n) is 5.97. The summed E-state index contributed by atoms with van der Waals surface area (Å²) >= 11 is 0. The van der Waals surface area contributed by atoms with Crippen molar-refractivity contribution in [2.24, 2.45) is 0 Å². The number of hydrogen-bond donors (Lipinski definition) is 4. The van der Waals surface area contributed by atoms with Gasteiger partial charge >= 0.3 is 5.97 Å². The van der Waals surface area contributed by atoms with Crippen LogP contribution in [0.2, 0.25) is 0 Å². The smallest absolute Gasteiger partial charge is 0.303 e. The maximum Gasteiger partial charge on any atom is 0.303 e. The molecule has 9 nitrogen and oxygen atoms in total. The number of hydrogen-bond acceptors (Lipinski definition) is 8. The monoisotopic (exact) mass is 443 g/mol. The van der Waals surface area contributed by atoms with Crippen molar-refractivity contribution in [2.45, 2.75) is 52.4 Å². The van der Waals surface area contributed by atoms with Crippen LogP contribution in [0.25, 0.3) is 0 Å². The van der Waals surface area contributed by atoms with Gasteiger partial charge < -0.3 is 25.4 Å². The molecule has 0 saturated carbocycles. The minimum absolute atomic E-state index is 0.0247. The Morgan fingerprint density at radius 3 is 2.38 bits per heavy atom. The maximum atomic E-state index is 13.6. The second kappa shape index (κ2) is 8.14. The van der Waals surface area contributed by atoms with Gasteiger partial charge in [0.2, 0.25) is 0 Å². The van der Waals surface area contributed by atoms with Crippen LogP contribution in [0.1, 0.15) is 61.5 Å². The van der Waals surface area contributed by atoms with E-state index in [1.807, 2.05) is 0 Å². The van der Waals surface area contributed by atoms with Crippen LogP contribution in [0, 0.1) is 6.92 Å². The summed E-state index contributed by atoms with van der Waals surface area (Å²) in [6.45, 7) is 6.09. The van der Waals surface area contributed by atoms with Crippen molar-refractivity contribution in [1.82, 2.24) is 5.32 Å². The van der Waals surface area contributed by atoms with Gasteiger partial charge in [0.15, 0.2) is 17.3 Å². The van der Waals surface area contributed by atoms with Gasteiger partial charge in [-0.25, -0.2) is 0 Å². The molecule has 0 amide bonds. The summed E-state index contributed by atoms with van der Waals surface area (Å²) < 4.78 is 5.71. The molecule has 0 radical (unpaired) electrons. The number of phenols is 2. The number of unbranched alkanes of at least 4 members (excludes halogenated alkanes) is 1. The number of aromatic hydroxyl groups is 2. The number of carboxylic acids is 1. The molecule has 32 heavy (non-hydrogen) atoms. The number of rotatable bonds is 7. The molecule has 0 bridgehead atoms. The molecule has 4 N–H and O–H groups in total. The summed E-state index contributed by atoms with van der Waals surface area (Å²) in [6.07, 6.45) is 2.16. The van der Waals surface area contributed by atoms with E-state index in [9.17, 15) is 29.4 Å². The number of carbonyl (C=O) groups excluding carboxylic acids is 3. The minimum atomic E-state index is -1.56. The molecule has 1 atom stereocenters. The topological polar surface area (TPSA) is 150 Å². The van der Waals surface area contributed by atoms with Crippen LogP contribution < -0.4 is 10.1 Å². The lowest BCUT2D eigenvalue weighted by molar-refractivity contribution is -0.137. The molecule has 170 valence electrons. The maximum absolute atomic E-state index is 13.6. The summed E-state index contributed by atoms with van der Waals surface area (Å²) in [4.78, 5) is 49.1. The molecule has 0 fully saturated rings. The summed E-state index contributed by atoms with van der Waals surface area (Å²) in [7, 11) is 0. The Bertz CT molecular complexity index is 1130. The molecule has 3 rings (SSSR count). The molecule has 1 aromatic rings. The zero-order valence-electron chi connectivity index (χ0n) is 18.3. The number of phenolic OH excluding ortho intramolecular Hbond substituents is 2. The molecule has 1 aliphatic carbocycles. The summed E-state index contributed by atoms with van der Waals surface area (Å²) in [5.74, 6) is -3.58. The van der Waals surface area contributed by atoms with Gasteiger partial charge in [0, 0.05) is 30.3 Å². The molecule has 1 heterocycles. The second-order valence-electron chi connectivity index (χ2n) is 8.16. The van der Waals surface area contributed by atoms with E-state index >= 15 is 0 Å². The Morgan fingerprint density at radius 1 is 1.12 bits per heavy atom. The average Bonchev–Trinajstić information content (AvgIpc) is 2.99. The number of ether oxygens (including phenoxy) is 1. The van der Waals surface area contributed by atoms with Gasteiger partial charge in [-0.2, -0.15) is 0 Å². The lowest BCUT2D eigenvalue weighted by Crippen LogP contribution is -2.41. The van der Waals surface area contributed by atoms with Gasteiger partial charge in [0.1, 0.15) is 34.0 Å². The predicted octanol–water partition coefficient (Wildman–Crippen LogP) is 2.41. The van der Waals surface area contributed by atoms with Gasteiger partial charge in [0.05, 0.1) is 11.1 Å². The highest BCUT2D eigenvalue weighted by Gasteiger charge is 2.56. The lowest BCUT2D eigenvalue weighted by atomic mass is 9.70. The number of benzene rings is 1. The van der Waals surface area contributed by atoms with Crippen LogP contribution in [0.3, 0.4) is 0 Å². The molecule has 1 aliphatic heterocycles. The quantitative estimate of drug-likeness (QED) is 0.216. The standard InChI is InChI=1S/C23H25NO8/c1-10-19(29)17(12(3)25)21-18(20(10)30)23(4)14(32-21)9-13(26)16(22(23)31)11(2)24-8-6-5-7-15(27)28/h9,24,29-30H,5-8H2,1-4H3,(H,27,28). The number of ketones is 3. The van der Waals surface area contributed by atoms with Crippen molar-refractivity contribution in [3.05, 3.63) is 39.8 Å². The predicted molar refractivity (Wildman–Crippen MR) is 113 cm³/mol. The third kappa shape index (κ3) is 3.43. The normalized spacial score (nSPS) is 20.8. The van der Waals surface area contributed by atoms with E-state index in [2.05, 4.69) is 5.32 Å². The van der Waals surface area contributed by atoms with Crippen molar-refractivity contribution in [3.63, 3.8) is 0 Å². The van der Waals surface area contributed by atoms with Gasteiger partial charge in [0.25, 0.3) is 0 Å². The number of carbonyl (C=O) groups is 4. The lowest BCUT2D eigenvalue weighted by Gasteiger charge is -2.29. The first kappa shape index (κ1) is 23.1. The average molecular weight is 443 g/mol.